The molecule has 0 fully saturated rings. The summed E-state index contributed by atoms with van der Waals surface area (Å²) in [4.78, 5) is 9.79. The first-order valence-electron chi connectivity index (χ1n) is 18.6. The molecule has 0 amide bonds. The highest BCUT2D eigenvalue weighted by Gasteiger charge is 2.17. The van der Waals surface area contributed by atoms with Gasteiger partial charge in [0, 0.05) is 42.1 Å². The van der Waals surface area contributed by atoms with Gasteiger partial charge in [0.2, 0.25) is 0 Å². The van der Waals surface area contributed by atoms with E-state index in [4.69, 9.17) is 9.97 Å². The Balaban J connectivity index is 1.08. The smallest absolute Gasteiger partial charge is 0.116 e. The Kier molecular flexibility index (Phi) is 7.39. The van der Waals surface area contributed by atoms with Gasteiger partial charge in [0.15, 0.2) is 0 Å². The Morgan fingerprint density at radius 3 is 1.62 bits per heavy atom. The van der Waals surface area contributed by atoms with Crippen LogP contribution in [-0.4, -0.2) is 9.97 Å². The van der Waals surface area contributed by atoms with Crippen LogP contribution in [0, 0.1) is 0 Å². The van der Waals surface area contributed by atoms with Crippen LogP contribution in [0.1, 0.15) is 0 Å². The van der Waals surface area contributed by atoms with Crippen LogP contribution < -0.4 is 0 Å². The average Bonchev–Trinajstić information content (AvgIpc) is 3.64. The van der Waals surface area contributed by atoms with Crippen molar-refractivity contribution in [2.24, 2.45) is 0 Å². The molecule has 11 rings (SSSR count). The molecule has 0 radical (unpaired) electrons. The molecule has 9 aromatic carbocycles. The van der Waals surface area contributed by atoms with Crippen LogP contribution in [0.2, 0.25) is 0 Å². The lowest BCUT2D eigenvalue weighted by Crippen LogP contribution is -1.93. The van der Waals surface area contributed by atoms with Crippen molar-refractivity contribution >= 4 is 64.0 Å². The van der Waals surface area contributed by atoms with Crippen LogP contribution in [0.25, 0.3) is 108 Å². The molecule has 0 bridgehead atoms. The predicted octanol–water partition coefficient (Wildman–Crippen LogP) is 14.6. The van der Waals surface area contributed by atoms with E-state index in [0.29, 0.717) is 0 Å². The zero-order valence-corrected chi connectivity index (χ0v) is 30.6. The molecule has 0 unspecified atom stereocenters. The van der Waals surface area contributed by atoms with Gasteiger partial charge in [-0.25, -0.2) is 9.97 Å². The summed E-state index contributed by atoms with van der Waals surface area (Å²) in [6, 6.07) is 68.1. The number of aromatic nitrogens is 2. The van der Waals surface area contributed by atoms with Gasteiger partial charge in [-0.3, -0.25) is 0 Å². The lowest BCUT2D eigenvalue weighted by atomic mass is 9.92. The van der Waals surface area contributed by atoms with E-state index in [0.717, 1.165) is 33.1 Å². The molecule has 11 aromatic rings. The summed E-state index contributed by atoms with van der Waals surface area (Å²) in [5.41, 5.74) is 12.7. The van der Waals surface area contributed by atoms with Gasteiger partial charge < -0.3 is 0 Å². The van der Waals surface area contributed by atoms with Gasteiger partial charge in [-0.15, -0.1) is 11.3 Å². The van der Waals surface area contributed by atoms with Crippen LogP contribution in [0.4, 0.5) is 0 Å². The fraction of sp³-hybridized carbons (Fsp3) is 0. The molecule has 3 heteroatoms. The van der Waals surface area contributed by atoms with Crippen molar-refractivity contribution in [1.29, 1.82) is 0 Å². The molecule has 0 atom stereocenters. The number of nitrogens with zero attached hydrogens (tertiary/aromatic N) is 2. The molecule has 0 aliphatic heterocycles. The summed E-state index contributed by atoms with van der Waals surface area (Å²) in [5.74, 6) is 0. The maximum Gasteiger partial charge on any atom is 0.116 e. The first-order valence-corrected chi connectivity index (χ1v) is 19.4. The monoisotopic (exact) mass is 716 g/mol. The number of benzene rings is 9. The minimum absolute atomic E-state index is 0.947. The van der Waals surface area contributed by atoms with Crippen molar-refractivity contribution in [3.63, 3.8) is 0 Å². The zero-order valence-electron chi connectivity index (χ0n) is 29.8. The molecule has 0 saturated carbocycles. The van der Waals surface area contributed by atoms with E-state index in [9.17, 15) is 0 Å². The van der Waals surface area contributed by atoms with Gasteiger partial charge in [-0.2, -0.15) is 0 Å². The van der Waals surface area contributed by atoms with Gasteiger partial charge in [0.1, 0.15) is 6.33 Å². The van der Waals surface area contributed by atoms with E-state index >= 15 is 0 Å². The Labute approximate surface area is 322 Å². The third kappa shape index (κ3) is 5.32. The number of fused-ring (bicyclic) bond motifs is 9. The Morgan fingerprint density at radius 1 is 0.327 bits per heavy atom. The van der Waals surface area contributed by atoms with Crippen LogP contribution in [0.15, 0.2) is 194 Å². The van der Waals surface area contributed by atoms with Gasteiger partial charge >= 0.3 is 0 Å². The van der Waals surface area contributed by atoms with Gasteiger partial charge in [0.05, 0.1) is 11.2 Å². The summed E-state index contributed by atoms with van der Waals surface area (Å²) in [5, 5.41) is 8.40. The maximum absolute atomic E-state index is 4.94. The third-order valence-electron chi connectivity index (χ3n) is 10.9. The molecular formula is C52H32N2S. The summed E-state index contributed by atoms with van der Waals surface area (Å²) in [7, 11) is 0. The van der Waals surface area contributed by atoms with Gasteiger partial charge in [0.25, 0.3) is 0 Å². The first kappa shape index (κ1) is 31.6. The fourth-order valence-electron chi connectivity index (χ4n) is 8.34. The van der Waals surface area contributed by atoms with Gasteiger partial charge in [-0.05, 0) is 91.5 Å². The largest absolute Gasteiger partial charge is 0.236 e. The van der Waals surface area contributed by atoms with E-state index < -0.39 is 0 Å². The minimum atomic E-state index is 0.947. The molecule has 0 aliphatic rings. The average molecular weight is 717 g/mol. The van der Waals surface area contributed by atoms with Crippen LogP contribution >= 0.6 is 11.3 Å². The third-order valence-corrected chi connectivity index (χ3v) is 12.2. The summed E-state index contributed by atoms with van der Waals surface area (Å²) < 4.78 is 2.60. The Hall–Kier alpha value is -6.94. The highest BCUT2D eigenvalue weighted by molar-refractivity contribution is 7.26. The zero-order chi connectivity index (χ0) is 36.3. The van der Waals surface area contributed by atoms with Crippen molar-refractivity contribution in [2.45, 2.75) is 0 Å². The molecule has 55 heavy (non-hydrogen) atoms. The molecule has 0 aliphatic carbocycles. The van der Waals surface area contributed by atoms with Crippen molar-refractivity contribution in [3.8, 4) is 55.8 Å². The van der Waals surface area contributed by atoms with Crippen LogP contribution in [0.3, 0.4) is 0 Å². The van der Waals surface area contributed by atoms with E-state index in [-0.39, 0.29) is 0 Å². The number of thiophene rings is 1. The van der Waals surface area contributed by atoms with Crippen molar-refractivity contribution < 1.29 is 0 Å². The van der Waals surface area contributed by atoms with E-state index in [2.05, 4.69) is 188 Å². The van der Waals surface area contributed by atoms with Crippen molar-refractivity contribution in [2.75, 3.05) is 0 Å². The SMILES string of the molecule is c1ccc(-c2ccc3sc4c(-c5cccc(-c6cccc(-c7ncnc8c9ccccc9c9ccccc9c78)c6)c5)cc(-c5ccccc5)cc4c3c2)cc1. The molecular weight excluding hydrogens is 685 g/mol. The predicted molar refractivity (Wildman–Crippen MR) is 235 cm³/mol. The Bertz CT molecular complexity index is 3210. The quantitative estimate of drug-likeness (QED) is 0.166. The fourth-order valence-corrected chi connectivity index (χ4v) is 9.54. The number of hydrogen-bond acceptors (Lipinski definition) is 3. The lowest BCUT2D eigenvalue weighted by Gasteiger charge is -2.14. The lowest BCUT2D eigenvalue weighted by molar-refractivity contribution is 1.23. The second kappa shape index (κ2) is 12.9. The summed E-state index contributed by atoms with van der Waals surface area (Å²) in [6.45, 7) is 0. The molecule has 0 spiro atoms. The van der Waals surface area contributed by atoms with Crippen LogP contribution in [-0.2, 0) is 0 Å². The van der Waals surface area contributed by atoms with Crippen molar-refractivity contribution in [1.82, 2.24) is 9.97 Å². The van der Waals surface area contributed by atoms with Gasteiger partial charge in [-0.1, -0.05) is 152 Å². The molecule has 2 aromatic heterocycles. The first-order chi connectivity index (χ1) is 27.3. The standard InChI is InChI=1S/C52H32N2S/c1-3-13-33(14-4-1)37-25-26-48-46(29-37)47-31-40(34-15-5-2-6-16-34)30-45(52(47)55-48)38-19-11-17-35(27-38)36-18-12-20-39(28-36)50-49-43-23-9-7-21-41(43)42-22-8-10-24-44(42)51(49)54-32-53-50/h1-32H. The number of hydrogen-bond donors (Lipinski definition) is 0. The Morgan fingerprint density at radius 2 is 0.873 bits per heavy atom. The molecule has 256 valence electrons. The second-order valence-corrected chi connectivity index (χ2v) is 15.2. The maximum atomic E-state index is 4.94. The minimum Gasteiger partial charge on any atom is -0.236 e. The summed E-state index contributed by atoms with van der Waals surface area (Å²) in [6.07, 6.45) is 1.71. The van der Waals surface area contributed by atoms with E-state index in [1.54, 1.807) is 6.33 Å². The normalized spacial score (nSPS) is 11.6. The second-order valence-electron chi connectivity index (χ2n) is 14.1. The molecule has 2 heterocycles. The highest BCUT2D eigenvalue weighted by Crippen LogP contribution is 2.45. The topological polar surface area (TPSA) is 25.8 Å². The molecule has 0 N–H and O–H groups in total. The summed E-state index contributed by atoms with van der Waals surface area (Å²) >= 11 is 1.88. The van der Waals surface area contributed by atoms with Crippen molar-refractivity contribution in [3.05, 3.63) is 194 Å². The van der Waals surface area contributed by atoms with E-state index in [1.165, 1.54) is 75.3 Å². The highest BCUT2D eigenvalue weighted by atomic mass is 32.1. The molecule has 0 saturated heterocycles. The van der Waals surface area contributed by atoms with E-state index in [1.807, 2.05) is 11.3 Å². The number of rotatable bonds is 5. The van der Waals surface area contributed by atoms with Crippen LogP contribution in [0.5, 0.6) is 0 Å². The molecule has 2 nitrogen and oxygen atoms in total.